The minimum atomic E-state index is -0.849. The predicted molar refractivity (Wildman–Crippen MR) is 124 cm³/mol. The molecule has 1 N–H and O–H groups in total. The van der Waals surface area contributed by atoms with Gasteiger partial charge in [0.15, 0.2) is 0 Å². The first-order chi connectivity index (χ1) is 15.4. The summed E-state index contributed by atoms with van der Waals surface area (Å²) in [6.45, 7) is 1.57. The highest BCUT2D eigenvalue weighted by molar-refractivity contribution is 8.00. The summed E-state index contributed by atoms with van der Waals surface area (Å²) < 4.78 is 17.8. The van der Waals surface area contributed by atoms with Crippen molar-refractivity contribution in [2.24, 2.45) is 0 Å². The van der Waals surface area contributed by atoms with Crippen molar-refractivity contribution in [3.05, 3.63) is 102 Å². The second-order valence-electron chi connectivity index (χ2n) is 6.90. The van der Waals surface area contributed by atoms with Gasteiger partial charge in [-0.05, 0) is 59.6 Å². The average Bonchev–Trinajstić information content (AvgIpc) is 2.80. The maximum atomic E-state index is 12.9. The van der Waals surface area contributed by atoms with Gasteiger partial charge in [0.25, 0.3) is 0 Å². The summed E-state index contributed by atoms with van der Waals surface area (Å²) >= 11 is 1.38. The minimum Gasteiger partial charge on any atom is -0.480 e. The van der Waals surface area contributed by atoms with Crippen molar-refractivity contribution in [1.29, 1.82) is 0 Å². The van der Waals surface area contributed by atoms with Crippen LogP contribution in [0.5, 0.6) is 0 Å². The van der Waals surface area contributed by atoms with E-state index >= 15 is 0 Å². The topological polar surface area (TPSA) is 76.5 Å². The summed E-state index contributed by atoms with van der Waals surface area (Å²) in [5, 5.41) is 8.89. The van der Waals surface area contributed by atoms with E-state index in [1.807, 2.05) is 42.5 Å². The van der Waals surface area contributed by atoms with E-state index in [2.05, 4.69) is 4.98 Å². The summed E-state index contributed by atoms with van der Waals surface area (Å²) in [5.74, 6) is -0.815. The number of rotatable bonds is 9. The third-order valence-corrected chi connectivity index (χ3v) is 5.56. The maximum absolute atomic E-state index is 12.9. The second kappa shape index (κ2) is 14.0. The lowest BCUT2D eigenvalue weighted by molar-refractivity contribution is -0.142. The maximum Gasteiger partial charge on any atom is 0.316 e. The highest BCUT2D eigenvalue weighted by atomic mass is 32.2. The molecule has 0 amide bonds. The molecule has 0 aliphatic heterocycles. The monoisotopic (exact) mass is 455 g/mol. The van der Waals surface area contributed by atoms with E-state index in [1.165, 1.54) is 30.8 Å². The predicted octanol–water partition coefficient (Wildman–Crippen LogP) is 4.94. The number of ether oxygens (including phenoxy) is 1. The second-order valence-corrected chi connectivity index (χ2v) is 8.21. The molecule has 168 valence electrons. The summed E-state index contributed by atoms with van der Waals surface area (Å²) in [6.07, 6.45) is 4.60. The summed E-state index contributed by atoms with van der Waals surface area (Å²) in [7, 11) is 0. The standard InChI is InChI=1S/C20H21FO4S.C5H5N/c1-14(22)25-13-17-4-2-16(3-5-17)12-19(20(23)24)26-11-10-15-6-8-18(21)9-7-15;1-2-4-6-5-3-1/h2-9,19H,10-13H2,1H3,(H,23,24);1-5H. The van der Waals surface area contributed by atoms with E-state index < -0.39 is 11.2 Å². The Hall–Kier alpha value is -3.19. The van der Waals surface area contributed by atoms with Crippen molar-refractivity contribution >= 4 is 23.7 Å². The third-order valence-electron chi connectivity index (χ3n) is 4.35. The van der Waals surface area contributed by atoms with Crippen molar-refractivity contribution in [3.8, 4) is 0 Å². The number of nitrogens with zero attached hydrogens (tertiary/aromatic N) is 1. The van der Waals surface area contributed by atoms with Gasteiger partial charge in [0.2, 0.25) is 0 Å². The van der Waals surface area contributed by atoms with Crippen LogP contribution in [0.25, 0.3) is 0 Å². The zero-order chi connectivity index (χ0) is 23.2. The number of carbonyl (C=O) groups excluding carboxylic acids is 1. The molecule has 1 aromatic heterocycles. The number of hydrogen-bond donors (Lipinski definition) is 1. The van der Waals surface area contributed by atoms with Crippen molar-refractivity contribution in [2.45, 2.75) is 31.6 Å². The molecule has 1 heterocycles. The molecule has 0 saturated carbocycles. The first kappa shape index (κ1) is 25.1. The number of pyridine rings is 1. The van der Waals surface area contributed by atoms with Gasteiger partial charge < -0.3 is 9.84 Å². The van der Waals surface area contributed by atoms with Crippen LogP contribution in [0.3, 0.4) is 0 Å². The number of aromatic nitrogens is 1. The van der Waals surface area contributed by atoms with Crippen molar-refractivity contribution in [2.75, 3.05) is 5.75 Å². The fourth-order valence-electron chi connectivity index (χ4n) is 2.67. The molecule has 0 aliphatic rings. The van der Waals surface area contributed by atoms with E-state index in [0.29, 0.717) is 18.6 Å². The SMILES string of the molecule is CC(=O)OCc1ccc(CC(SCCc2ccc(F)cc2)C(=O)O)cc1.c1ccncc1. The lowest BCUT2D eigenvalue weighted by atomic mass is 10.1. The molecule has 0 radical (unpaired) electrons. The van der Waals surface area contributed by atoms with Gasteiger partial charge in [0, 0.05) is 19.3 Å². The number of hydrogen-bond acceptors (Lipinski definition) is 5. The van der Waals surface area contributed by atoms with Gasteiger partial charge in [0.1, 0.15) is 17.7 Å². The van der Waals surface area contributed by atoms with Crippen LogP contribution < -0.4 is 0 Å². The van der Waals surface area contributed by atoms with Gasteiger partial charge in [0.05, 0.1) is 0 Å². The van der Waals surface area contributed by atoms with Gasteiger partial charge in [-0.2, -0.15) is 0 Å². The van der Waals surface area contributed by atoms with Crippen LogP contribution in [0.15, 0.2) is 79.1 Å². The van der Waals surface area contributed by atoms with Crippen LogP contribution in [0.4, 0.5) is 4.39 Å². The molecule has 0 spiro atoms. The van der Waals surface area contributed by atoms with E-state index in [-0.39, 0.29) is 18.4 Å². The number of halogens is 1. The van der Waals surface area contributed by atoms with Crippen LogP contribution in [0.2, 0.25) is 0 Å². The molecule has 32 heavy (non-hydrogen) atoms. The molecule has 0 bridgehead atoms. The van der Waals surface area contributed by atoms with Gasteiger partial charge in [-0.1, -0.05) is 42.5 Å². The molecule has 3 aromatic rings. The first-order valence-corrected chi connectivity index (χ1v) is 11.1. The fourth-order valence-corrected chi connectivity index (χ4v) is 3.76. The van der Waals surface area contributed by atoms with Crippen molar-refractivity contribution < 1.29 is 23.8 Å². The third kappa shape index (κ3) is 10.2. The van der Waals surface area contributed by atoms with Crippen LogP contribution in [0, 0.1) is 5.82 Å². The number of carbonyl (C=O) groups is 2. The largest absolute Gasteiger partial charge is 0.480 e. The average molecular weight is 456 g/mol. The van der Waals surface area contributed by atoms with Crippen LogP contribution in [0.1, 0.15) is 23.6 Å². The number of carboxylic acids is 1. The molecule has 2 aromatic carbocycles. The highest BCUT2D eigenvalue weighted by Gasteiger charge is 2.18. The number of benzene rings is 2. The zero-order valence-corrected chi connectivity index (χ0v) is 18.6. The minimum absolute atomic E-state index is 0.213. The van der Waals surface area contributed by atoms with E-state index in [4.69, 9.17) is 4.74 Å². The van der Waals surface area contributed by atoms with Crippen molar-refractivity contribution in [3.63, 3.8) is 0 Å². The number of carboxylic acid groups (broad SMARTS) is 1. The molecule has 7 heteroatoms. The molecular formula is C25H26FNO4S. The molecule has 3 rings (SSSR count). The van der Waals surface area contributed by atoms with E-state index in [0.717, 1.165) is 16.7 Å². The smallest absolute Gasteiger partial charge is 0.316 e. The number of esters is 1. The quantitative estimate of drug-likeness (QED) is 0.461. The molecular weight excluding hydrogens is 429 g/mol. The highest BCUT2D eigenvalue weighted by Crippen LogP contribution is 2.19. The number of aliphatic carboxylic acids is 1. The number of aryl methyl sites for hydroxylation is 1. The van der Waals surface area contributed by atoms with Gasteiger partial charge in [-0.25, -0.2) is 4.39 Å². The zero-order valence-electron chi connectivity index (χ0n) is 17.8. The lowest BCUT2D eigenvalue weighted by Crippen LogP contribution is -2.20. The molecule has 0 fully saturated rings. The Kier molecular flexibility index (Phi) is 11.0. The Morgan fingerprint density at radius 2 is 1.56 bits per heavy atom. The van der Waals surface area contributed by atoms with Crippen LogP contribution >= 0.6 is 11.8 Å². The fraction of sp³-hybridized carbons (Fsp3) is 0.240. The van der Waals surface area contributed by atoms with Crippen molar-refractivity contribution in [1.82, 2.24) is 4.98 Å². The first-order valence-electron chi connectivity index (χ1n) is 10.1. The van der Waals surface area contributed by atoms with Gasteiger partial charge in [-0.15, -0.1) is 11.8 Å². The Balaban J connectivity index is 0.000000520. The van der Waals surface area contributed by atoms with Gasteiger partial charge in [-0.3, -0.25) is 14.6 Å². The molecule has 0 aliphatic carbocycles. The lowest BCUT2D eigenvalue weighted by Gasteiger charge is -2.13. The Bertz CT molecular complexity index is 923. The normalized spacial score (nSPS) is 11.1. The van der Waals surface area contributed by atoms with Gasteiger partial charge >= 0.3 is 11.9 Å². The molecule has 1 unspecified atom stereocenters. The summed E-state index contributed by atoms with van der Waals surface area (Å²) in [6, 6.07) is 19.3. The van der Waals surface area contributed by atoms with E-state index in [9.17, 15) is 19.1 Å². The Labute approximate surface area is 191 Å². The summed E-state index contributed by atoms with van der Waals surface area (Å²) in [4.78, 5) is 26.1. The molecule has 0 saturated heterocycles. The van der Waals surface area contributed by atoms with Crippen LogP contribution in [-0.2, 0) is 33.8 Å². The summed E-state index contributed by atoms with van der Waals surface area (Å²) in [5.41, 5.74) is 2.76. The molecule has 1 atom stereocenters. The molecule has 5 nitrogen and oxygen atoms in total. The van der Waals surface area contributed by atoms with Crippen LogP contribution in [-0.4, -0.2) is 33.0 Å². The van der Waals surface area contributed by atoms with E-state index in [1.54, 1.807) is 24.5 Å². The Morgan fingerprint density at radius 3 is 2.06 bits per heavy atom. The Morgan fingerprint density at radius 1 is 0.969 bits per heavy atom. The number of thioether (sulfide) groups is 1.